The first kappa shape index (κ1) is 62.0. The van der Waals surface area contributed by atoms with Crippen molar-refractivity contribution in [3.05, 3.63) is 0 Å². The summed E-state index contributed by atoms with van der Waals surface area (Å²) in [6.07, 6.45) is 76.2. The Morgan fingerprint density at radius 3 is 1.37 bits per heavy atom. The van der Waals surface area contributed by atoms with E-state index in [1.165, 1.54) is 212 Å². The van der Waals surface area contributed by atoms with Crippen molar-refractivity contribution in [2.45, 2.75) is 455 Å². The van der Waals surface area contributed by atoms with Crippen LogP contribution in [0.3, 0.4) is 0 Å². The number of ether oxygens (including phenoxy) is 1. The zero-order chi connectivity index (χ0) is 60.2. The molecule has 5 nitrogen and oxygen atoms in total. The molecule has 0 N–H and O–H groups in total. The van der Waals surface area contributed by atoms with Crippen molar-refractivity contribution < 1.29 is 4.74 Å². The fourth-order valence-electron chi connectivity index (χ4n) is 33.5. The van der Waals surface area contributed by atoms with Gasteiger partial charge in [0.05, 0.1) is 12.2 Å². The molecule has 91 heavy (non-hydrogen) atoms. The zero-order valence-electron chi connectivity index (χ0n) is 59.4. The molecule has 0 radical (unpaired) electrons. The molecule has 15 saturated carbocycles. The second kappa shape index (κ2) is 25.5. The average Bonchev–Trinajstić information content (AvgIpc) is 0.701. The van der Waals surface area contributed by atoms with Crippen LogP contribution in [0.4, 0.5) is 0 Å². The van der Waals surface area contributed by atoms with Crippen molar-refractivity contribution in [2.75, 3.05) is 0 Å². The molecule has 4 saturated heterocycles. The Kier molecular flexibility index (Phi) is 17.4. The van der Waals surface area contributed by atoms with Gasteiger partial charge in [-0.1, -0.05) is 181 Å². The summed E-state index contributed by atoms with van der Waals surface area (Å²) in [5, 5.41) is 0. The van der Waals surface area contributed by atoms with Gasteiger partial charge >= 0.3 is 0 Å². The van der Waals surface area contributed by atoms with E-state index in [2.05, 4.69) is 40.4 Å². The largest absolute Gasteiger partial charge is 0.376 e. The third-order valence-electron chi connectivity index (χ3n) is 36.1. The maximum atomic E-state index is 8.75. The van der Waals surface area contributed by atoms with Gasteiger partial charge in [-0.25, -0.2) is 0 Å². The van der Waals surface area contributed by atoms with Gasteiger partial charge in [0.25, 0.3) is 0 Å². The van der Waals surface area contributed by atoms with E-state index in [0.29, 0.717) is 17.6 Å². The SMILES string of the molecule is CC(C)(C)[C@H]1C[C@@H]2C3B(C4C[C@@H]5B6C7CC([C@@H]8CCC9C%10C8CCC[C@H]%10[C@H]8CCC[C@H]%10CCC[C@@H]9C%108)CCC7N(C7CCCCC7)C7CC(N(C8CCCCC8)C8CCCCC8)CC(OC5CC4N2C2CCCCC2)C67)C2CCCCC2N(C2CCCCC2)[C@H]3C1. The smallest absolute Gasteiger partial charge is 0.159 e. The molecule has 26 atom stereocenters. The highest BCUT2D eigenvalue weighted by atomic mass is 16.5. The second-order valence-corrected chi connectivity index (χ2v) is 40.1. The Morgan fingerprint density at radius 1 is 0.297 bits per heavy atom. The molecule has 0 aromatic carbocycles. The number of fused-ring (bicyclic) bond motifs is 10. The maximum Gasteiger partial charge on any atom is 0.159 e. The molecular formula is C84H138B2N4O. The number of rotatable bonds is 7. The normalized spacial score (nSPS) is 50.5. The van der Waals surface area contributed by atoms with E-state index >= 15 is 0 Å². The highest BCUT2D eigenvalue weighted by Gasteiger charge is 2.71. The lowest BCUT2D eigenvalue weighted by atomic mass is 9.14. The molecule has 15 aliphatic carbocycles. The van der Waals surface area contributed by atoms with E-state index in [1.807, 2.05) is 0 Å². The summed E-state index contributed by atoms with van der Waals surface area (Å²) < 4.78 is 8.75. The molecule has 0 aromatic heterocycles. The van der Waals surface area contributed by atoms with E-state index in [0.717, 1.165) is 186 Å². The summed E-state index contributed by atoms with van der Waals surface area (Å²) in [7, 11) is 0. The first-order valence-corrected chi connectivity index (χ1v) is 43.6. The van der Waals surface area contributed by atoms with Crippen molar-refractivity contribution in [3.63, 3.8) is 0 Å². The highest BCUT2D eigenvalue weighted by Crippen LogP contribution is 2.72. The fraction of sp³-hybridized carbons (Fsp3) is 1.00. The summed E-state index contributed by atoms with van der Waals surface area (Å²) in [5.74, 6) is 17.0. The van der Waals surface area contributed by atoms with Crippen LogP contribution < -0.4 is 0 Å². The summed E-state index contributed by atoms with van der Waals surface area (Å²) >= 11 is 0. The standard InChI is InChI=1S/C84H138B2N4O/c1-84(2,3)55-47-75-82-76(48-55)90(60-34-17-8-18-35-60)74-52-78-71(51-70(74)85(82)68-40-19-20-41-72(68)88(75)58-30-13-6-14-31-58)86-69-46-54(62-43-44-67-65-37-22-25-53-24-21-36-64(80(53)65)66-39-23-38-63(62)81(66)67)42-45-73(69)89(59-32-15-7-16-33-59)77-49-61(50-79(91-78)83(77)86)87(56-26-9-4-10-27-56)57-28-11-5-12-29-57/h53-83H,4-52H2,1-3H3/t53-,54?,55+,61?,62-,63?,64+,65-,66-,67?,68?,69?,70?,71-,72?,73?,74?,75-,76+,77?,78?,79?,80?,81?,82?,83?/m0/s1. The Morgan fingerprint density at radius 2 is 0.769 bits per heavy atom. The van der Waals surface area contributed by atoms with Gasteiger partial charge in [0.2, 0.25) is 0 Å². The van der Waals surface area contributed by atoms with Crippen LogP contribution in [0.25, 0.3) is 0 Å². The third-order valence-corrected chi connectivity index (χ3v) is 36.1. The van der Waals surface area contributed by atoms with Gasteiger partial charge < -0.3 is 4.74 Å². The summed E-state index contributed by atoms with van der Waals surface area (Å²) in [6.45, 7) is 9.99. The van der Waals surface area contributed by atoms with E-state index in [4.69, 9.17) is 4.74 Å². The molecule has 19 rings (SSSR count). The van der Waals surface area contributed by atoms with Gasteiger partial charge in [0, 0.05) is 72.5 Å². The predicted octanol–water partition coefficient (Wildman–Crippen LogP) is 20.8. The lowest BCUT2D eigenvalue weighted by molar-refractivity contribution is -0.159. The van der Waals surface area contributed by atoms with Gasteiger partial charge in [-0.15, -0.1) is 0 Å². The van der Waals surface area contributed by atoms with Crippen LogP contribution in [0.15, 0.2) is 0 Å². The highest BCUT2D eigenvalue weighted by molar-refractivity contribution is 6.67. The predicted molar refractivity (Wildman–Crippen MR) is 380 cm³/mol. The van der Waals surface area contributed by atoms with E-state index in [1.54, 1.807) is 103 Å². The van der Waals surface area contributed by atoms with Crippen LogP contribution in [-0.2, 0) is 4.74 Å². The van der Waals surface area contributed by atoms with Crippen LogP contribution >= 0.6 is 0 Å². The van der Waals surface area contributed by atoms with Gasteiger partial charge in [-0.05, 0) is 260 Å². The molecule has 4 heterocycles. The van der Waals surface area contributed by atoms with Crippen LogP contribution in [0.5, 0.6) is 0 Å². The summed E-state index contributed by atoms with van der Waals surface area (Å²) in [4.78, 5) is 14.1. The number of hydrogen-bond acceptors (Lipinski definition) is 5. The van der Waals surface area contributed by atoms with Crippen LogP contribution in [0.1, 0.15) is 335 Å². The van der Waals surface area contributed by atoms with Gasteiger partial charge in [0.15, 0.2) is 13.4 Å². The molecule has 506 valence electrons. The minimum Gasteiger partial charge on any atom is -0.376 e. The Balaban J connectivity index is 0.724. The van der Waals surface area contributed by atoms with Crippen molar-refractivity contribution in [2.24, 2.45) is 70.5 Å². The number of nitrogens with zero attached hydrogens (tertiary/aromatic N) is 4. The van der Waals surface area contributed by atoms with E-state index in [-0.39, 0.29) is 0 Å². The average molecular weight is 1240 g/mol. The Bertz CT molecular complexity index is 2430. The van der Waals surface area contributed by atoms with Gasteiger partial charge in [-0.2, -0.15) is 0 Å². The summed E-state index contributed by atoms with van der Waals surface area (Å²) in [5.41, 5.74) is 0.375. The van der Waals surface area contributed by atoms with Gasteiger partial charge in [-0.3, -0.25) is 19.6 Å². The molecule has 17 unspecified atom stereocenters. The van der Waals surface area contributed by atoms with Crippen molar-refractivity contribution in [1.29, 1.82) is 0 Å². The van der Waals surface area contributed by atoms with Crippen LogP contribution in [0, 0.1) is 70.5 Å². The molecule has 19 fully saturated rings. The molecule has 0 bridgehead atoms. The quantitative estimate of drug-likeness (QED) is 0.236. The van der Waals surface area contributed by atoms with Crippen molar-refractivity contribution in [3.8, 4) is 0 Å². The zero-order valence-corrected chi connectivity index (χ0v) is 59.4. The minimum atomic E-state index is 0.375. The van der Waals surface area contributed by atoms with Crippen molar-refractivity contribution >= 4 is 13.4 Å². The lowest BCUT2D eigenvalue weighted by Crippen LogP contribution is -2.76. The fourth-order valence-corrected chi connectivity index (χ4v) is 33.5. The van der Waals surface area contributed by atoms with E-state index in [9.17, 15) is 0 Å². The second-order valence-electron chi connectivity index (χ2n) is 40.1. The molecule has 19 aliphatic rings. The molecule has 0 aromatic rings. The van der Waals surface area contributed by atoms with Crippen molar-refractivity contribution in [1.82, 2.24) is 19.6 Å². The Hall–Kier alpha value is -0.0701. The van der Waals surface area contributed by atoms with Gasteiger partial charge in [0.1, 0.15) is 0 Å². The monoisotopic (exact) mass is 1240 g/mol. The number of hydrogen-bond donors (Lipinski definition) is 0. The molecule has 4 aliphatic heterocycles. The molecule has 0 amide bonds. The maximum absolute atomic E-state index is 8.75. The Labute approximate surface area is 560 Å². The molecule has 0 spiro atoms. The first-order chi connectivity index (χ1) is 44.8. The molecular weight excluding hydrogens is 1100 g/mol. The third kappa shape index (κ3) is 10.5. The first-order valence-electron chi connectivity index (χ1n) is 43.6. The van der Waals surface area contributed by atoms with Crippen LogP contribution in [-0.4, -0.2) is 118 Å². The molecule has 7 heteroatoms. The topological polar surface area (TPSA) is 22.2 Å². The van der Waals surface area contributed by atoms with E-state index < -0.39 is 0 Å². The minimum absolute atomic E-state index is 0.375. The summed E-state index contributed by atoms with van der Waals surface area (Å²) in [6, 6.07) is 9.79. The van der Waals surface area contributed by atoms with Crippen LogP contribution in [0.2, 0.25) is 34.9 Å². The lowest BCUT2D eigenvalue weighted by Gasteiger charge is -2.72.